The van der Waals surface area contributed by atoms with Crippen molar-refractivity contribution in [2.75, 3.05) is 26.2 Å². The molecule has 3 heteroatoms. The number of benzene rings is 1. The van der Waals surface area contributed by atoms with Crippen molar-refractivity contribution >= 4 is 11.3 Å². The number of ether oxygens (including phenoxy) is 1. The van der Waals surface area contributed by atoms with Crippen LogP contribution in [-0.2, 0) is 0 Å². The number of hydrogen-bond donors (Lipinski definition) is 0. The number of thiophene rings is 1. The summed E-state index contributed by atoms with van der Waals surface area (Å²) in [4.78, 5) is 2.59. The average Bonchev–Trinajstić information content (AvgIpc) is 2.97. The molecule has 0 amide bonds. The third-order valence-corrected chi connectivity index (χ3v) is 4.98. The second-order valence-electron chi connectivity index (χ2n) is 5.99. The van der Waals surface area contributed by atoms with Crippen LogP contribution in [0, 0.1) is 0 Å². The highest BCUT2D eigenvalue weighted by molar-refractivity contribution is 7.08. The van der Waals surface area contributed by atoms with Crippen LogP contribution in [0.5, 0.6) is 5.75 Å². The van der Waals surface area contributed by atoms with Crippen molar-refractivity contribution in [1.82, 2.24) is 4.90 Å². The van der Waals surface area contributed by atoms with Gasteiger partial charge in [0.25, 0.3) is 0 Å². The zero-order valence-electron chi connectivity index (χ0n) is 13.2. The number of nitrogens with zero attached hydrogens (tertiary/aromatic N) is 1. The molecule has 2 aromatic rings. The Kier molecular flexibility index (Phi) is 5.91. The highest BCUT2D eigenvalue weighted by Crippen LogP contribution is 2.24. The van der Waals surface area contributed by atoms with Gasteiger partial charge in [0.15, 0.2) is 0 Å². The van der Waals surface area contributed by atoms with E-state index in [4.69, 9.17) is 4.74 Å². The van der Waals surface area contributed by atoms with Crippen molar-refractivity contribution in [2.24, 2.45) is 0 Å². The number of likely N-dealkylation sites (tertiary alicyclic amines) is 1. The van der Waals surface area contributed by atoms with Crippen LogP contribution in [-0.4, -0.2) is 31.1 Å². The second kappa shape index (κ2) is 8.35. The molecule has 3 rings (SSSR count). The van der Waals surface area contributed by atoms with Crippen LogP contribution in [0.4, 0.5) is 0 Å². The van der Waals surface area contributed by atoms with Crippen LogP contribution in [0.3, 0.4) is 0 Å². The first-order chi connectivity index (χ1) is 10.9. The molecule has 2 nitrogen and oxygen atoms in total. The molecule has 1 aliphatic rings. The van der Waals surface area contributed by atoms with E-state index in [0.29, 0.717) is 0 Å². The van der Waals surface area contributed by atoms with Crippen LogP contribution in [0.15, 0.2) is 41.1 Å². The SMILES string of the molecule is c1cc(-c2ccc(OCCCN3CCCCCC3)cc2)cs1. The quantitative estimate of drug-likeness (QED) is 0.691. The summed E-state index contributed by atoms with van der Waals surface area (Å²) in [6, 6.07) is 10.6. The molecule has 0 spiro atoms. The fourth-order valence-corrected chi connectivity index (χ4v) is 3.68. The summed E-state index contributed by atoms with van der Waals surface area (Å²) >= 11 is 1.73. The molecule has 0 N–H and O–H groups in total. The first kappa shape index (κ1) is 15.6. The van der Waals surface area contributed by atoms with Gasteiger partial charge < -0.3 is 9.64 Å². The van der Waals surface area contributed by atoms with Crippen molar-refractivity contribution in [1.29, 1.82) is 0 Å². The van der Waals surface area contributed by atoms with Gasteiger partial charge in [-0.15, -0.1) is 0 Å². The van der Waals surface area contributed by atoms with Crippen LogP contribution < -0.4 is 4.74 Å². The third kappa shape index (κ3) is 4.59. The summed E-state index contributed by atoms with van der Waals surface area (Å²) in [6.07, 6.45) is 6.66. The van der Waals surface area contributed by atoms with Gasteiger partial charge in [-0.3, -0.25) is 0 Å². The number of rotatable bonds is 6. The minimum Gasteiger partial charge on any atom is -0.494 e. The topological polar surface area (TPSA) is 12.5 Å². The van der Waals surface area contributed by atoms with Gasteiger partial charge >= 0.3 is 0 Å². The Balaban J connectivity index is 1.40. The molecule has 1 aromatic heterocycles. The third-order valence-electron chi connectivity index (χ3n) is 4.29. The normalized spacial score (nSPS) is 16.4. The Morgan fingerprint density at radius 2 is 1.68 bits per heavy atom. The lowest BCUT2D eigenvalue weighted by Crippen LogP contribution is -2.26. The van der Waals surface area contributed by atoms with E-state index in [9.17, 15) is 0 Å². The maximum absolute atomic E-state index is 5.88. The van der Waals surface area contributed by atoms with Crippen molar-refractivity contribution in [3.63, 3.8) is 0 Å². The van der Waals surface area contributed by atoms with Gasteiger partial charge in [0, 0.05) is 6.54 Å². The van der Waals surface area contributed by atoms with Gasteiger partial charge in [-0.2, -0.15) is 11.3 Å². The van der Waals surface area contributed by atoms with Crippen LogP contribution in [0.25, 0.3) is 11.1 Å². The Bertz CT molecular complexity index is 527. The fraction of sp³-hybridized carbons (Fsp3) is 0.474. The Morgan fingerprint density at radius 3 is 2.36 bits per heavy atom. The fourth-order valence-electron chi connectivity index (χ4n) is 3.01. The summed E-state index contributed by atoms with van der Waals surface area (Å²) in [5, 5.41) is 4.29. The molecule has 118 valence electrons. The summed E-state index contributed by atoms with van der Waals surface area (Å²) in [5.74, 6) is 0.981. The predicted octanol–water partition coefficient (Wildman–Crippen LogP) is 5.06. The molecule has 1 fully saturated rings. The van der Waals surface area contributed by atoms with E-state index in [1.54, 1.807) is 11.3 Å². The molecule has 22 heavy (non-hydrogen) atoms. The van der Waals surface area contributed by atoms with Crippen LogP contribution in [0.1, 0.15) is 32.1 Å². The second-order valence-corrected chi connectivity index (χ2v) is 6.77. The van der Waals surface area contributed by atoms with Crippen molar-refractivity contribution in [3.05, 3.63) is 41.1 Å². The molecule has 0 atom stereocenters. The van der Waals surface area contributed by atoms with Gasteiger partial charge in [0.2, 0.25) is 0 Å². The highest BCUT2D eigenvalue weighted by Gasteiger charge is 2.08. The molecule has 0 unspecified atom stereocenters. The Labute approximate surface area is 137 Å². The minimum atomic E-state index is 0.814. The number of hydrogen-bond acceptors (Lipinski definition) is 3. The summed E-state index contributed by atoms with van der Waals surface area (Å²) in [5.41, 5.74) is 2.55. The van der Waals surface area contributed by atoms with E-state index in [-0.39, 0.29) is 0 Å². The summed E-state index contributed by atoms with van der Waals surface area (Å²) < 4.78 is 5.88. The minimum absolute atomic E-state index is 0.814. The van der Waals surface area contributed by atoms with Gasteiger partial charge in [-0.05, 0) is 72.4 Å². The molecule has 1 saturated heterocycles. The molecule has 1 aromatic carbocycles. The predicted molar refractivity (Wildman–Crippen MR) is 94.8 cm³/mol. The van der Waals surface area contributed by atoms with Gasteiger partial charge in [0.05, 0.1) is 6.61 Å². The van der Waals surface area contributed by atoms with Crippen molar-refractivity contribution in [3.8, 4) is 16.9 Å². The molecule has 1 aliphatic heterocycles. The maximum Gasteiger partial charge on any atom is 0.119 e. The van der Waals surface area contributed by atoms with E-state index < -0.39 is 0 Å². The maximum atomic E-state index is 5.88. The van der Waals surface area contributed by atoms with Crippen molar-refractivity contribution < 1.29 is 4.74 Å². The molecule has 0 aliphatic carbocycles. The largest absolute Gasteiger partial charge is 0.494 e. The van der Waals surface area contributed by atoms with Gasteiger partial charge in [-0.1, -0.05) is 25.0 Å². The lowest BCUT2D eigenvalue weighted by molar-refractivity contribution is 0.240. The van der Waals surface area contributed by atoms with E-state index in [1.807, 2.05) is 0 Å². The lowest BCUT2D eigenvalue weighted by atomic mass is 10.1. The molecule has 0 radical (unpaired) electrons. The molecule has 0 saturated carbocycles. The molecular weight excluding hydrogens is 290 g/mol. The van der Waals surface area contributed by atoms with Crippen molar-refractivity contribution in [2.45, 2.75) is 32.1 Å². The summed E-state index contributed by atoms with van der Waals surface area (Å²) in [6.45, 7) is 4.53. The Hall–Kier alpha value is -1.32. The lowest BCUT2D eigenvalue weighted by Gasteiger charge is -2.19. The first-order valence-corrected chi connectivity index (χ1v) is 9.34. The first-order valence-electron chi connectivity index (χ1n) is 8.39. The van der Waals surface area contributed by atoms with Gasteiger partial charge in [0.1, 0.15) is 5.75 Å². The van der Waals surface area contributed by atoms with E-state index >= 15 is 0 Å². The van der Waals surface area contributed by atoms with E-state index in [2.05, 4.69) is 46.0 Å². The van der Waals surface area contributed by atoms with Crippen LogP contribution in [0.2, 0.25) is 0 Å². The molecule has 2 heterocycles. The monoisotopic (exact) mass is 315 g/mol. The average molecular weight is 315 g/mol. The van der Waals surface area contributed by atoms with E-state index in [1.165, 1.54) is 56.4 Å². The molecular formula is C19H25NOS. The molecule has 0 bridgehead atoms. The van der Waals surface area contributed by atoms with Crippen LogP contribution >= 0.6 is 11.3 Å². The zero-order valence-corrected chi connectivity index (χ0v) is 14.0. The standard InChI is InChI=1S/C19H25NOS/c1-2-4-12-20(11-3-1)13-5-14-21-19-8-6-17(7-9-19)18-10-15-22-16-18/h6-10,15-16H,1-5,11-14H2. The Morgan fingerprint density at radius 1 is 0.909 bits per heavy atom. The van der Waals surface area contributed by atoms with E-state index in [0.717, 1.165) is 18.8 Å². The smallest absolute Gasteiger partial charge is 0.119 e. The summed E-state index contributed by atoms with van der Waals surface area (Å²) in [7, 11) is 0. The highest BCUT2D eigenvalue weighted by atomic mass is 32.1. The zero-order chi connectivity index (χ0) is 15.0. The van der Waals surface area contributed by atoms with Gasteiger partial charge in [-0.25, -0.2) is 0 Å².